The highest BCUT2D eigenvalue weighted by molar-refractivity contribution is 4.98. The monoisotopic (exact) mass is 171 g/mol. The summed E-state index contributed by atoms with van der Waals surface area (Å²) >= 11 is 0. The van der Waals surface area contributed by atoms with Gasteiger partial charge in [0.05, 0.1) is 6.10 Å². The minimum atomic E-state index is -0.247. The van der Waals surface area contributed by atoms with Gasteiger partial charge in [-0.1, -0.05) is 27.2 Å². The van der Waals surface area contributed by atoms with Gasteiger partial charge in [0.25, 0.3) is 0 Å². The average molecular weight is 171 g/mol. The van der Waals surface area contributed by atoms with Crippen LogP contribution >= 0.6 is 0 Å². The van der Waals surface area contributed by atoms with Crippen molar-refractivity contribution in [2.45, 2.75) is 46.1 Å². The lowest BCUT2D eigenvalue weighted by atomic mass is 9.59. The molecule has 1 fully saturated rings. The molecule has 0 aliphatic heterocycles. The van der Waals surface area contributed by atoms with Crippen molar-refractivity contribution < 1.29 is 5.11 Å². The Hall–Kier alpha value is -0.0800. The molecule has 1 saturated carbocycles. The first-order valence-corrected chi connectivity index (χ1v) is 4.80. The summed E-state index contributed by atoms with van der Waals surface area (Å²) < 4.78 is 0. The van der Waals surface area contributed by atoms with Crippen LogP contribution in [0.1, 0.15) is 40.0 Å². The Morgan fingerprint density at radius 2 is 1.92 bits per heavy atom. The molecule has 0 amide bonds. The van der Waals surface area contributed by atoms with Crippen LogP contribution in [0, 0.1) is 10.8 Å². The molecule has 0 aromatic carbocycles. The van der Waals surface area contributed by atoms with Crippen molar-refractivity contribution >= 4 is 0 Å². The lowest BCUT2D eigenvalue weighted by Gasteiger charge is -2.49. The van der Waals surface area contributed by atoms with E-state index in [4.69, 9.17) is 5.73 Å². The third kappa shape index (κ3) is 1.50. The molecular formula is C10H21NO. The molecule has 12 heavy (non-hydrogen) atoms. The Morgan fingerprint density at radius 3 is 2.00 bits per heavy atom. The quantitative estimate of drug-likeness (QED) is 0.661. The summed E-state index contributed by atoms with van der Waals surface area (Å²) in [6.07, 6.45) is 3.18. The lowest BCUT2D eigenvalue weighted by Crippen LogP contribution is -2.52. The SMILES string of the molecule is CC(C)(C)C(O)C1(CN)CCC1. The van der Waals surface area contributed by atoms with Crippen LogP contribution in [0.4, 0.5) is 0 Å². The molecule has 0 aromatic rings. The highest BCUT2D eigenvalue weighted by Crippen LogP contribution is 2.47. The minimum Gasteiger partial charge on any atom is -0.392 e. The molecule has 0 radical (unpaired) electrons. The first-order valence-electron chi connectivity index (χ1n) is 4.80. The molecule has 0 spiro atoms. The molecule has 1 aliphatic carbocycles. The summed E-state index contributed by atoms with van der Waals surface area (Å²) in [6.45, 7) is 6.86. The fraction of sp³-hybridized carbons (Fsp3) is 1.00. The number of aliphatic hydroxyl groups excluding tert-OH is 1. The van der Waals surface area contributed by atoms with Crippen molar-refractivity contribution in [3.05, 3.63) is 0 Å². The van der Waals surface area contributed by atoms with Gasteiger partial charge in [0.1, 0.15) is 0 Å². The van der Waals surface area contributed by atoms with Gasteiger partial charge in [-0.15, -0.1) is 0 Å². The van der Waals surface area contributed by atoms with Gasteiger partial charge in [-0.2, -0.15) is 0 Å². The minimum absolute atomic E-state index is 0.0280. The summed E-state index contributed by atoms with van der Waals surface area (Å²) in [5, 5.41) is 10.1. The Morgan fingerprint density at radius 1 is 1.42 bits per heavy atom. The summed E-state index contributed by atoms with van der Waals surface area (Å²) in [7, 11) is 0. The largest absolute Gasteiger partial charge is 0.392 e. The smallest absolute Gasteiger partial charge is 0.0656 e. The molecule has 3 N–H and O–H groups in total. The van der Waals surface area contributed by atoms with E-state index >= 15 is 0 Å². The molecule has 0 aromatic heterocycles. The van der Waals surface area contributed by atoms with E-state index in [1.165, 1.54) is 6.42 Å². The van der Waals surface area contributed by atoms with Crippen molar-refractivity contribution in [3.8, 4) is 0 Å². The average Bonchev–Trinajstić information content (AvgIpc) is 1.84. The highest BCUT2D eigenvalue weighted by atomic mass is 16.3. The molecule has 1 aliphatic rings. The van der Waals surface area contributed by atoms with Gasteiger partial charge in [-0.05, 0) is 18.3 Å². The van der Waals surface area contributed by atoms with Crippen LogP contribution < -0.4 is 5.73 Å². The van der Waals surface area contributed by atoms with Gasteiger partial charge >= 0.3 is 0 Å². The number of hydrogen-bond acceptors (Lipinski definition) is 2. The van der Waals surface area contributed by atoms with E-state index in [-0.39, 0.29) is 16.9 Å². The molecule has 72 valence electrons. The van der Waals surface area contributed by atoms with Gasteiger partial charge in [0, 0.05) is 12.0 Å². The van der Waals surface area contributed by atoms with Gasteiger partial charge in [-0.3, -0.25) is 0 Å². The molecule has 1 unspecified atom stereocenters. The topological polar surface area (TPSA) is 46.2 Å². The van der Waals surface area contributed by atoms with E-state index in [1.807, 2.05) is 0 Å². The van der Waals surface area contributed by atoms with Gasteiger partial charge in [0.2, 0.25) is 0 Å². The highest BCUT2D eigenvalue weighted by Gasteiger charge is 2.46. The third-order valence-electron chi connectivity index (χ3n) is 3.16. The van der Waals surface area contributed by atoms with E-state index in [9.17, 15) is 5.11 Å². The number of nitrogens with two attached hydrogens (primary N) is 1. The summed E-state index contributed by atoms with van der Waals surface area (Å²) in [4.78, 5) is 0. The van der Waals surface area contributed by atoms with Crippen molar-refractivity contribution in [2.24, 2.45) is 16.6 Å². The molecule has 0 saturated heterocycles. The van der Waals surface area contributed by atoms with Gasteiger partial charge in [-0.25, -0.2) is 0 Å². The number of rotatable bonds is 2. The molecule has 2 heteroatoms. The normalized spacial score (nSPS) is 24.8. The molecule has 1 rings (SSSR count). The predicted molar refractivity (Wildman–Crippen MR) is 50.8 cm³/mol. The van der Waals surface area contributed by atoms with Gasteiger partial charge < -0.3 is 10.8 Å². The maximum Gasteiger partial charge on any atom is 0.0656 e. The Balaban J connectivity index is 2.67. The third-order valence-corrected chi connectivity index (χ3v) is 3.16. The second-order valence-corrected chi connectivity index (χ2v) is 5.19. The Labute approximate surface area is 75.2 Å². The lowest BCUT2D eigenvalue weighted by molar-refractivity contribution is -0.0876. The zero-order valence-corrected chi connectivity index (χ0v) is 8.43. The van der Waals surface area contributed by atoms with Gasteiger partial charge in [0.15, 0.2) is 0 Å². The van der Waals surface area contributed by atoms with E-state index < -0.39 is 0 Å². The Kier molecular flexibility index (Phi) is 2.50. The van der Waals surface area contributed by atoms with Crippen molar-refractivity contribution in [3.63, 3.8) is 0 Å². The summed E-state index contributed by atoms with van der Waals surface area (Å²) in [5.41, 5.74) is 5.72. The van der Waals surface area contributed by atoms with Crippen LogP contribution in [0.3, 0.4) is 0 Å². The van der Waals surface area contributed by atoms with Crippen molar-refractivity contribution in [1.82, 2.24) is 0 Å². The predicted octanol–water partition coefficient (Wildman–Crippen LogP) is 1.52. The standard InChI is InChI=1S/C10H21NO/c1-9(2,3)8(12)10(7-11)5-4-6-10/h8,12H,4-7,11H2,1-3H3. The zero-order chi connectivity index (χ0) is 9.41. The maximum absolute atomic E-state index is 10.1. The summed E-state index contributed by atoms with van der Waals surface area (Å²) in [5.74, 6) is 0. The molecule has 1 atom stereocenters. The van der Waals surface area contributed by atoms with E-state index in [0.717, 1.165) is 12.8 Å². The van der Waals surface area contributed by atoms with Crippen molar-refractivity contribution in [1.29, 1.82) is 0 Å². The second kappa shape index (κ2) is 3.00. The molecular weight excluding hydrogens is 150 g/mol. The van der Waals surface area contributed by atoms with Crippen LogP contribution in [0.5, 0.6) is 0 Å². The van der Waals surface area contributed by atoms with Crippen LogP contribution in [0.15, 0.2) is 0 Å². The van der Waals surface area contributed by atoms with E-state index in [0.29, 0.717) is 6.54 Å². The molecule has 0 bridgehead atoms. The van der Waals surface area contributed by atoms with E-state index in [2.05, 4.69) is 20.8 Å². The second-order valence-electron chi connectivity index (χ2n) is 5.19. The molecule has 2 nitrogen and oxygen atoms in total. The van der Waals surface area contributed by atoms with Crippen LogP contribution in [-0.4, -0.2) is 17.8 Å². The number of aliphatic hydroxyl groups is 1. The maximum atomic E-state index is 10.1. The summed E-state index contributed by atoms with van der Waals surface area (Å²) in [6, 6.07) is 0. The fourth-order valence-corrected chi connectivity index (χ4v) is 2.14. The van der Waals surface area contributed by atoms with Crippen LogP contribution in [-0.2, 0) is 0 Å². The van der Waals surface area contributed by atoms with Crippen LogP contribution in [0.25, 0.3) is 0 Å². The van der Waals surface area contributed by atoms with Crippen molar-refractivity contribution in [2.75, 3.05) is 6.54 Å². The zero-order valence-electron chi connectivity index (χ0n) is 8.43. The first-order chi connectivity index (χ1) is 5.42. The molecule has 0 heterocycles. The van der Waals surface area contributed by atoms with E-state index in [1.54, 1.807) is 0 Å². The first kappa shape index (κ1) is 10.0. The fourth-order valence-electron chi connectivity index (χ4n) is 2.14. The number of hydrogen-bond donors (Lipinski definition) is 2. The van der Waals surface area contributed by atoms with Crippen LogP contribution in [0.2, 0.25) is 0 Å². The Bertz CT molecular complexity index is 150.